The zero-order valence-electron chi connectivity index (χ0n) is 14.0. The predicted octanol–water partition coefficient (Wildman–Crippen LogP) is 3.63. The Morgan fingerprint density at radius 3 is 3.00 bits per heavy atom. The fourth-order valence-electron chi connectivity index (χ4n) is 3.02. The average molecular weight is 374 g/mol. The molecule has 1 atom stereocenters. The van der Waals surface area contributed by atoms with E-state index >= 15 is 0 Å². The van der Waals surface area contributed by atoms with E-state index in [1.165, 1.54) is 0 Å². The first-order valence-corrected chi connectivity index (χ1v) is 10.2. The van der Waals surface area contributed by atoms with Crippen molar-refractivity contribution in [2.75, 3.05) is 6.61 Å². The monoisotopic (exact) mass is 373 g/mol. The molecule has 4 rings (SSSR count). The summed E-state index contributed by atoms with van der Waals surface area (Å²) in [6.07, 6.45) is 2.15. The number of aromatic nitrogens is 3. The standard InChI is InChI=1S/C18H19N3O2S2/c1-12-19-13(10-24-12)11-25-18-20-16-7-3-2-6-15(16)17(22)21(18)9-14-5-4-8-23-14/h2-3,6-7,10,14H,4-5,8-9,11H2,1H3/t14-/m0/s1. The number of rotatable bonds is 5. The van der Waals surface area contributed by atoms with Crippen LogP contribution in [-0.2, 0) is 17.0 Å². The number of hydrogen-bond acceptors (Lipinski definition) is 6. The van der Waals surface area contributed by atoms with Gasteiger partial charge in [-0.25, -0.2) is 9.97 Å². The molecule has 1 aliphatic rings. The van der Waals surface area contributed by atoms with Crippen LogP contribution in [0.25, 0.3) is 10.9 Å². The van der Waals surface area contributed by atoms with Gasteiger partial charge in [0.15, 0.2) is 5.16 Å². The van der Waals surface area contributed by atoms with E-state index in [9.17, 15) is 4.79 Å². The molecule has 7 heteroatoms. The topological polar surface area (TPSA) is 57.0 Å². The second kappa shape index (κ2) is 7.27. The predicted molar refractivity (Wildman–Crippen MR) is 101 cm³/mol. The number of hydrogen-bond donors (Lipinski definition) is 0. The van der Waals surface area contributed by atoms with Gasteiger partial charge >= 0.3 is 0 Å². The highest BCUT2D eigenvalue weighted by molar-refractivity contribution is 7.98. The molecule has 0 unspecified atom stereocenters. The van der Waals surface area contributed by atoms with Crippen LogP contribution in [0, 0.1) is 6.92 Å². The molecule has 1 saturated heterocycles. The summed E-state index contributed by atoms with van der Waals surface area (Å²) >= 11 is 3.21. The molecule has 0 spiro atoms. The van der Waals surface area contributed by atoms with Crippen molar-refractivity contribution in [1.29, 1.82) is 0 Å². The van der Waals surface area contributed by atoms with Crippen molar-refractivity contribution in [2.24, 2.45) is 0 Å². The van der Waals surface area contributed by atoms with Gasteiger partial charge in [-0.15, -0.1) is 11.3 Å². The molecular formula is C18H19N3O2S2. The van der Waals surface area contributed by atoms with Crippen LogP contribution in [0.5, 0.6) is 0 Å². The van der Waals surface area contributed by atoms with Gasteiger partial charge in [0.2, 0.25) is 0 Å². The van der Waals surface area contributed by atoms with Crippen LogP contribution in [0.1, 0.15) is 23.5 Å². The maximum Gasteiger partial charge on any atom is 0.262 e. The van der Waals surface area contributed by atoms with Crippen molar-refractivity contribution >= 4 is 34.0 Å². The summed E-state index contributed by atoms with van der Waals surface area (Å²) in [5.74, 6) is 0.709. The van der Waals surface area contributed by atoms with Crippen molar-refractivity contribution in [3.63, 3.8) is 0 Å². The molecule has 130 valence electrons. The van der Waals surface area contributed by atoms with Crippen molar-refractivity contribution < 1.29 is 4.74 Å². The van der Waals surface area contributed by atoms with E-state index < -0.39 is 0 Å². The van der Waals surface area contributed by atoms with Gasteiger partial charge in [0, 0.05) is 17.7 Å². The fraction of sp³-hybridized carbons (Fsp3) is 0.389. The Morgan fingerprint density at radius 2 is 2.24 bits per heavy atom. The van der Waals surface area contributed by atoms with Crippen LogP contribution < -0.4 is 5.56 Å². The summed E-state index contributed by atoms with van der Waals surface area (Å²) in [6.45, 7) is 3.34. The Morgan fingerprint density at radius 1 is 1.36 bits per heavy atom. The molecular weight excluding hydrogens is 354 g/mol. The van der Waals surface area contributed by atoms with Gasteiger partial charge in [0.25, 0.3) is 5.56 Å². The molecule has 1 aliphatic heterocycles. The van der Waals surface area contributed by atoms with Crippen LogP contribution >= 0.6 is 23.1 Å². The lowest BCUT2D eigenvalue weighted by Crippen LogP contribution is -2.28. The second-order valence-electron chi connectivity index (χ2n) is 6.11. The van der Waals surface area contributed by atoms with Gasteiger partial charge in [-0.1, -0.05) is 23.9 Å². The molecule has 0 bridgehead atoms. The molecule has 5 nitrogen and oxygen atoms in total. The SMILES string of the molecule is Cc1nc(CSc2nc3ccccc3c(=O)n2C[C@@H]2CCCO2)cs1. The first-order chi connectivity index (χ1) is 12.2. The Kier molecular flexibility index (Phi) is 4.87. The van der Waals surface area contributed by atoms with E-state index in [1.807, 2.05) is 31.2 Å². The maximum absolute atomic E-state index is 13.0. The zero-order chi connectivity index (χ0) is 17.2. The van der Waals surface area contributed by atoms with Gasteiger partial charge in [0.05, 0.1) is 34.3 Å². The molecule has 0 radical (unpaired) electrons. The Labute approximate surface area is 154 Å². The summed E-state index contributed by atoms with van der Waals surface area (Å²) in [5, 5.41) is 4.52. The van der Waals surface area contributed by atoms with E-state index in [2.05, 4.69) is 10.4 Å². The summed E-state index contributed by atoms with van der Waals surface area (Å²) in [7, 11) is 0. The Bertz CT molecular complexity index is 945. The van der Waals surface area contributed by atoms with Crippen LogP contribution in [-0.4, -0.2) is 27.2 Å². The molecule has 0 amide bonds. The number of benzene rings is 1. The number of fused-ring (bicyclic) bond motifs is 1. The van der Waals surface area contributed by atoms with Gasteiger partial charge < -0.3 is 4.74 Å². The molecule has 2 aromatic heterocycles. The second-order valence-corrected chi connectivity index (χ2v) is 8.11. The third kappa shape index (κ3) is 3.63. The minimum absolute atomic E-state index is 0.0121. The van der Waals surface area contributed by atoms with Crippen LogP contribution in [0.3, 0.4) is 0 Å². The number of nitrogens with zero attached hydrogens (tertiary/aromatic N) is 3. The number of ether oxygens (including phenoxy) is 1. The van der Waals surface area contributed by atoms with E-state index in [-0.39, 0.29) is 11.7 Å². The molecule has 1 fully saturated rings. The molecule has 3 heterocycles. The van der Waals surface area contributed by atoms with Crippen LogP contribution in [0.4, 0.5) is 0 Å². The summed E-state index contributed by atoms with van der Waals surface area (Å²) < 4.78 is 7.52. The van der Waals surface area contributed by atoms with E-state index in [1.54, 1.807) is 27.7 Å². The molecule has 0 saturated carbocycles. The van der Waals surface area contributed by atoms with E-state index in [0.717, 1.165) is 40.8 Å². The van der Waals surface area contributed by atoms with Crippen molar-refractivity contribution in [3.05, 3.63) is 50.7 Å². The number of aryl methyl sites for hydroxylation is 1. The number of thiazole rings is 1. The fourth-order valence-corrected chi connectivity index (χ4v) is 4.64. The largest absolute Gasteiger partial charge is 0.376 e. The highest BCUT2D eigenvalue weighted by Crippen LogP contribution is 2.24. The normalized spacial score (nSPS) is 17.4. The molecule has 25 heavy (non-hydrogen) atoms. The van der Waals surface area contributed by atoms with E-state index in [4.69, 9.17) is 9.72 Å². The lowest BCUT2D eigenvalue weighted by molar-refractivity contribution is 0.0937. The average Bonchev–Trinajstić information content (AvgIpc) is 3.27. The summed E-state index contributed by atoms with van der Waals surface area (Å²) in [5.41, 5.74) is 1.78. The van der Waals surface area contributed by atoms with Crippen molar-refractivity contribution in [3.8, 4) is 0 Å². The third-order valence-corrected chi connectivity index (χ3v) is 6.08. The third-order valence-electron chi connectivity index (χ3n) is 4.25. The lowest BCUT2D eigenvalue weighted by Gasteiger charge is -2.16. The highest BCUT2D eigenvalue weighted by atomic mass is 32.2. The first kappa shape index (κ1) is 16.8. The van der Waals surface area contributed by atoms with Gasteiger partial charge in [0.1, 0.15) is 0 Å². The summed E-state index contributed by atoms with van der Waals surface area (Å²) in [6, 6.07) is 7.53. The lowest BCUT2D eigenvalue weighted by atomic mass is 10.2. The molecule has 0 N–H and O–H groups in total. The zero-order valence-corrected chi connectivity index (χ0v) is 15.6. The minimum atomic E-state index is 0.0121. The summed E-state index contributed by atoms with van der Waals surface area (Å²) in [4.78, 5) is 22.2. The van der Waals surface area contributed by atoms with Gasteiger partial charge in [-0.05, 0) is 31.9 Å². The number of thioether (sulfide) groups is 1. The van der Waals surface area contributed by atoms with Crippen LogP contribution in [0.15, 0.2) is 39.6 Å². The van der Waals surface area contributed by atoms with E-state index in [0.29, 0.717) is 17.7 Å². The Hall–Kier alpha value is -1.70. The first-order valence-electron chi connectivity index (χ1n) is 8.36. The maximum atomic E-state index is 13.0. The highest BCUT2D eigenvalue weighted by Gasteiger charge is 2.20. The van der Waals surface area contributed by atoms with Crippen molar-refractivity contribution in [2.45, 2.75) is 43.3 Å². The molecule has 3 aromatic rings. The van der Waals surface area contributed by atoms with Gasteiger partial charge in [-0.3, -0.25) is 9.36 Å². The van der Waals surface area contributed by atoms with Crippen LogP contribution in [0.2, 0.25) is 0 Å². The van der Waals surface area contributed by atoms with Crippen molar-refractivity contribution in [1.82, 2.24) is 14.5 Å². The quantitative estimate of drug-likeness (QED) is 0.505. The Balaban J connectivity index is 1.70. The molecule has 0 aliphatic carbocycles. The smallest absolute Gasteiger partial charge is 0.262 e. The molecule has 1 aromatic carbocycles. The number of para-hydroxylation sites is 1. The van der Waals surface area contributed by atoms with Gasteiger partial charge in [-0.2, -0.15) is 0 Å². The minimum Gasteiger partial charge on any atom is -0.376 e.